The van der Waals surface area contributed by atoms with Gasteiger partial charge in [0, 0.05) is 10.6 Å². The van der Waals surface area contributed by atoms with Crippen LogP contribution in [0.1, 0.15) is 13.8 Å². The first-order chi connectivity index (χ1) is 5.08. The molecule has 1 fully saturated rings. The Kier molecular flexibility index (Phi) is 2.44. The fraction of sp³-hybridized carbons (Fsp3) is 0.857. The van der Waals surface area contributed by atoms with Gasteiger partial charge in [0.1, 0.15) is 6.04 Å². The van der Waals surface area contributed by atoms with Crippen molar-refractivity contribution >= 4 is 17.7 Å². The van der Waals surface area contributed by atoms with E-state index < -0.39 is 0 Å². The van der Waals surface area contributed by atoms with E-state index in [1.165, 1.54) is 7.11 Å². The maximum absolute atomic E-state index is 11.1. The molecule has 11 heavy (non-hydrogen) atoms. The first-order valence-electron chi connectivity index (χ1n) is 3.53. The minimum absolute atomic E-state index is 0.0346. The molecule has 1 N–H and O–H groups in total. The van der Waals surface area contributed by atoms with Gasteiger partial charge < -0.3 is 4.74 Å². The van der Waals surface area contributed by atoms with Gasteiger partial charge in [-0.2, -0.15) is 0 Å². The number of carbonyl (C=O) groups is 1. The molecule has 3 nitrogen and oxygen atoms in total. The third-order valence-electron chi connectivity index (χ3n) is 1.86. The predicted octanol–water partition coefficient (Wildman–Crippen LogP) is 0.600. The minimum Gasteiger partial charge on any atom is -0.468 e. The highest BCUT2D eigenvalue weighted by atomic mass is 32.2. The van der Waals surface area contributed by atoms with Crippen molar-refractivity contribution in [3.8, 4) is 0 Å². The van der Waals surface area contributed by atoms with E-state index in [9.17, 15) is 4.79 Å². The van der Waals surface area contributed by atoms with Gasteiger partial charge in [0.05, 0.1) is 7.11 Å². The van der Waals surface area contributed by atoms with Crippen LogP contribution in [0.4, 0.5) is 0 Å². The third-order valence-corrected chi connectivity index (χ3v) is 3.15. The van der Waals surface area contributed by atoms with Crippen LogP contribution >= 0.6 is 11.8 Å². The Morgan fingerprint density at radius 2 is 2.36 bits per heavy atom. The van der Waals surface area contributed by atoms with Crippen LogP contribution in [0, 0.1) is 0 Å². The Hall–Kier alpha value is -0.220. The minimum atomic E-state index is -0.167. The number of carbonyl (C=O) groups excluding carboxylic acids is 1. The molecule has 64 valence electrons. The summed E-state index contributed by atoms with van der Waals surface area (Å²) in [5.41, 5.74) is 0. The lowest BCUT2D eigenvalue weighted by molar-refractivity contribution is -0.143. The molecule has 1 aliphatic rings. The summed E-state index contributed by atoms with van der Waals surface area (Å²) in [7, 11) is 1.42. The molecule has 0 aromatic heterocycles. The Morgan fingerprint density at radius 3 is 2.73 bits per heavy atom. The molecule has 0 amide bonds. The quantitative estimate of drug-likeness (QED) is 0.592. The largest absolute Gasteiger partial charge is 0.468 e. The van der Waals surface area contributed by atoms with Crippen LogP contribution in [0.5, 0.6) is 0 Å². The van der Waals surface area contributed by atoms with E-state index in [0.717, 1.165) is 5.88 Å². The van der Waals surface area contributed by atoms with Crippen LogP contribution in [0.15, 0.2) is 0 Å². The number of hydrogen-bond acceptors (Lipinski definition) is 4. The molecule has 0 spiro atoms. The first kappa shape index (κ1) is 8.87. The van der Waals surface area contributed by atoms with Crippen molar-refractivity contribution < 1.29 is 9.53 Å². The summed E-state index contributed by atoms with van der Waals surface area (Å²) < 4.78 is 4.62. The summed E-state index contributed by atoms with van der Waals surface area (Å²) in [6.07, 6.45) is 0. The molecule has 0 aromatic carbocycles. The van der Waals surface area contributed by atoms with Crippen LogP contribution < -0.4 is 5.32 Å². The normalized spacial score (nSPS) is 28.5. The van der Waals surface area contributed by atoms with Gasteiger partial charge in [-0.3, -0.25) is 10.1 Å². The molecule has 4 heteroatoms. The summed E-state index contributed by atoms with van der Waals surface area (Å²) in [4.78, 5) is 11.1. The zero-order valence-electron chi connectivity index (χ0n) is 7.01. The van der Waals surface area contributed by atoms with Gasteiger partial charge in [0.15, 0.2) is 0 Å². The topological polar surface area (TPSA) is 38.3 Å². The lowest BCUT2D eigenvalue weighted by Gasteiger charge is -2.22. The van der Waals surface area contributed by atoms with E-state index in [1.807, 2.05) is 13.8 Å². The van der Waals surface area contributed by atoms with E-state index in [1.54, 1.807) is 11.8 Å². The smallest absolute Gasteiger partial charge is 0.324 e. The van der Waals surface area contributed by atoms with Gasteiger partial charge in [-0.1, -0.05) is 0 Å². The second kappa shape index (κ2) is 3.03. The lowest BCUT2D eigenvalue weighted by Crippen LogP contribution is -2.44. The van der Waals surface area contributed by atoms with Gasteiger partial charge in [0.2, 0.25) is 0 Å². The van der Waals surface area contributed by atoms with E-state index in [2.05, 4.69) is 10.1 Å². The van der Waals surface area contributed by atoms with E-state index in [-0.39, 0.29) is 16.8 Å². The average Bonchev–Trinajstić information content (AvgIpc) is 2.28. The summed E-state index contributed by atoms with van der Waals surface area (Å²) in [5.74, 6) is 0.659. The SMILES string of the molecule is COC(=O)C1NCSC1(C)C. The molecule has 1 rings (SSSR count). The summed E-state index contributed by atoms with van der Waals surface area (Å²) in [6.45, 7) is 4.08. The second-order valence-corrected chi connectivity index (χ2v) is 4.68. The number of methoxy groups -OCH3 is 1. The molecular formula is C7H13NO2S. The highest BCUT2D eigenvalue weighted by Crippen LogP contribution is 2.33. The molecule has 1 unspecified atom stereocenters. The number of nitrogens with one attached hydrogen (secondary N) is 1. The Labute approximate surface area is 70.9 Å². The van der Waals surface area contributed by atoms with Gasteiger partial charge in [-0.25, -0.2) is 0 Å². The number of rotatable bonds is 1. The molecule has 1 saturated heterocycles. The number of thioether (sulfide) groups is 1. The van der Waals surface area contributed by atoms with Crippen molar-refractivity contribution in [3.63, 3.8) is 0 Å². The molecule has 1 atom stereocenters. The Bertz CT molecular complexity index is 170. The van der Waals surface area contributed by atoms with Crippen molar-refractivity contribution in [1.82, 2.24) is 5.32 Å². The maximum atomic E-state index is 11.1. The zero-order valence-corrected chi connectivity index (χ0v) is 7.83. The first-order valence-corrected chi connectivity index (χ1v) is 4.51. The van der Waals surface area contributed by atoms with Gasteiger partial charge in [-0.05, 0) is 13.8 Å². The van der Waals surface area contributed by atoms with Crippen molar-refractivity contribution in [2.75, 3.05) is 13.0 Å². The standard InChI is InChI=1S/C7H13NO2S/c1-7(2)5(6(9)10-3)8-4-11-7/h5,8H,4H2,1-3H3. The van der Waals surface area contributed by atoms with E-state index in [4.69, 9.17) is 0 Å². The molecule has 0 radical (unpaired) electrons. The fourth-order valence-corrected chi connectivity index (χ4v) is 2.09. The van der Waals surface area contributed by atoms with Gasteiger partial charge in [-0.15, -0.1) is 11.8 Å². The Balaban J connectivity index is 2.64. The molecule has 0 saturated carbocycles. The average molecular weight is 175 g/mol. The monoisotopic (exact) mass is 175 g/mol. The van der Waals surface area contributed by atoms with Crippen molar-refractivity contribution in [3.05, 3.63) is 0 Å². The number of ether oxygens (including phenoxy) is 1. The van der Waals surface area contributed by atoms with Crippen LogP contribution in [0.3, 0.4) is 0 Å². The summed E-state index contributed by atoms with van der Waals surface area (Å²) >= 11 is 1.74. The highest BCUT2D eigenvalue weighted by Gasteiger charge is 2.40. The highest BCUT2D eigenvalue weighted by molar-refractivity contribution is 8.00. The molecule has 1 heterocycles. The van der Waals surface area contributed by atoms with Crippen LogP contribution in [0.25, 0.3) is 0 Å². The van der Waals surface area contributed by atoms with Gasteiger partial charge >= 0.3 is 5.97 Å². The fourth-order valence-electron chi connectivity index (χ4n) is 1.13. The molecule has 0 aliphatic carbocycles. The zero-order chi connectivity index (χ0) is 8.48. The third kappa shape index (κ3) is 1.68. The summed E-state index contributed by atoms with van der Waals surface area (Å²) in [5, 5.41) is 3.09. The molecular weight excluding hydrogens is 162 g/mol. The predicted molar refractivity (Wildman–Crippen MR) is 45.5 cm³/mol. The van der Waals surface area contributed by atoms with Crippen molar-refractivity contribution in [2.45, 2.75) is 24.6 Å². The van der Waals surface area contributed by atoms with E-state index in [0.29, 0.717) is 0 Å². The second-order valence-electron chi connectivity index (χ2n) is 3.05. The van der Waals surface area contributed by atoms with Crippen LogP contribution in [-0.4, -0.2) is 29.7 Å². The number of esters is 1. The molecule has 1 aliphatic heterocycles. The van der Waals surface area contributed by atoms with Crippen LogP contribution in [-0.2, 0) is 9.53 Å². The molecule has 0 bridgehead atoms. The van der Waals surface area contributed by atoms with Crippen LogP contribution in [0.2, 0.25) is 0 Å². The van der Waals surface area contributed by atoms with Crippen molar-refractivity contribution in [1.29, 1.82) is 0 Å². The Morgan fingerprint density at radius 1 is 1.73 bits per heavy atom. The molecule has 0 aromatic rings. The lowest BCUT2D eigenvalue weighted by atomic mass is 10.0. The van der Waals surface area contributed by atoms with Crippen molar-refractivity contribution in [2.24, 2.45) is 0 Å². The van der Waals surface area contributed by atoms with Gasteiger partial charge in [0.25, 0.3) is 0 Å². The maximum Gasteiger partial charge on any atom is 0.324 e. The number of hydrogen-bond donors (Lipinski definition) is 1. The summed E-state index contributed by atoms with van der Waals surface area (Å²) in [6, 6.07) is -0.155. The van der Waals surface area contributed by atoms with E-state index >= 15 is 0 Å².